The second-order valence-corrected chi connectivity index (χ2v) is 11.5. The van der Waals surface area contributed by atoms with E-state index >= 15 is 0 Å². The van der Waals surface area contributed by atoms with Gasteiger partial charge in [-0.15, -0.1) is 11.8 Å². The number of nitrogens with one attached hydrogen (secondary N) is 2. The van der Waals surface area contributed by atoms with Gasteiger partial charge in [0, 0.05) is 21.5 Å². The maximum Gasteiger partial charge on any atom is 0.325 e. The summed E-state index contributed by atoms with van der Waals surface area (Å²) in [5.41, 5.74) is 5.94. The standard InChI is InChI=1S/C26H36BrN3O6S/c27-17-9-11-20(12-10-17)37-16-22(25(33)29-15-24(32)35-18-5-1-2-6-18)30-23(31)14-13-21(28)26(34)36-19-7-3-4-8-19/h9-12,18-19,21-22H,1-8,13-16,28H2,(H,29,33)(H,30,31)/t21-,22-/m0/s1. The molecular formula is C26H36BrN3O6S. The fourth-order valence-electron chi connectivity index (χ4n) is 4.34. The Morgan fingerprint density at radius 3 is 2.19 bits per heavy atom. The van der Waals surface area contributed by atoms with Gasteiger partial charge in [-0.1, -0.05) is 15.9 Å². The highest BCUT2D eigenvalue weighted by Crippen LogP contribution is 2.23. The summed E-state index contributed by atoms with van der Waals surface area (Å²) in [6, 6.07) is 5.80. The van der Waals surface area contributed by atoms with Crippen molar-refractivity contribution in [3.63, 3.8) is 0 Å². The zero-order chi connectivity index (χ0) is 26.6. The highest BCUT2D eigenvalue weighted by molar-refractivity contribution is 9.10. The van der Waals surface area contributed by atoms with E-state index in [1.807, 2.05) is 24.3 Å². The molecule has 0 aromatic heterocycles. The molecule has 2 aliphatic rings. The number of rotatable bonds is 13. The SMILES string of the molecule is N[C@@H](CCC(=O)N[C@@H](CSc1ccc(Br)cc1)C(=O)NCC(=O)OC1CCCC1)C(=O)OC1CCCC1. The normalized spacial score (nSPS) is 17.7. The maximum atomic E-state index is 12.9. The van der Waals surface area contributed by atoms with E-state index in [2.05, 4.69) is 26.6 Å². The van der Waals surface area contributed by atoms with E-state index < -0.39 is 35.8 Å². The van der Waals surface area contributed by atoms with Crippen LogP contribution in [0.4, 0.5) is 0 Å². The molecule has 0 bridgehead atoms. The zero-order valence-corrected chi connectivity index (χ0v) is 23.3. The van der Waals surface area contributed by atoms with Crippen LogP contribution in [0.3, 0.4) is 0 Å². The van der Waals surface area contributed by atoms with Crippen molar-refractivity contribution in [3.8, 4) is 0 Å². The molecule has 11 heteroatoms. The molecule has 9 nitrogen and oxygen atoms in total. The van der Waals surface area contributed by atoms with Crippen LogP contribution < -0.4 is 16.4 Å². The average Bonchev–Trinajstić information content (AvgIpc) is 3.59. The molecule has 0 aliphatic heterocycles. The van der Waals surface area contributed by atoms with Gasteiger partial charge in [0.05, 0.1) is 0 Å². The first kappa shape index (κ1) is 29.4. The number of hydrogen-bond donors (Lipinski definition) is 3. The molecule has 0 radical (unpaired) electrons. The van der Waals surface area contributed by atoms with Gasteiger partial charge in [0.1, 0.15) is 30.8 Å². The first-order valence-corrected chi connectivity index (χ1v) is 14.7. The van der Waals surface area contributed by atoms with Gasteiger partial charge in [-0.25, -0.2) is 0 Å². The zero-order valence-electron chi connectivity index (χ0n) is 20.9. The summed E-state index contributed by atoms with van der Waals surface area (Å²) in [6.07, 6.45) is 7.44. The van der Waals surface area contributed by atoms with Gasteiger partial charge < -0.3 is 25.8 Å². The summed E-state index contributed by atoms with van der Waals surface area (Å²) in [5, 5.41) is 5.30. The van der Waals surface area contributed by atoms with Gasteiger partial charge in [0.2, 0.25) is 11.8 Å². The Hall–Kier alpha value is -2.11. The predicted octanol–water partition coefficient (Wildman–Crippen LogP) is 3.22. The van der Waals surface area contributed by atoms with E-state index in [0.717, 1.165) is 60.7 Å². The third-order valence-electron chi connectivity index (χ3n) is 6.46. The lowest BCUT2D eigenvalue weighted by molar-refractivity contribution is -0.150. The van der Waals surface area contributed by atoms with Crippen molar-refractivity contribution in [1.29, 1.82) is 0 Å². The van der Waals surface area contributed by atoms with E-state index in [1.165, 1.54) is 11.8 Å². The highest BCUT2D eigenvalue weighted by atomic mass is 79.9. The molecule has 0 saturated heterocycles. The minimum atomic E-state index is -0.902. The summed E-state index contributed by atoms with van der Waals surface area (Å²) < 4.78 is 11.7. The van der Waals surface area contributed by atoms with Crippen LogP contribution in [0.1, 0.15) is 64.2 Å². The first-order valence-electron chi connectivity index (χ1n) is 12.9. The lowest BCUT2D eigenvalue weighted by atomic mass is 10.1. The van der Waals surface area contributed by atoms with Gasteiger partial charge in [-0.2, -0.15) is 0 Å². The Balaban J connectivity index is 1.49. The molecular weight excluding hydrogens is 562 g/mol. The molecule has 2 atom stereocenters. The van der Waals surface area contributed by atoms with Crippen LogP contribution in [0, 0.1) is 0 Å². The smallest absolute Gasteiger partial charge is 0.325 e. The minimum absolute atomic E-state index is 0.0304. The molecule has 1 aromatic carbocycles. The summed E-state index contributed by atoms with van der Waals surface area (Å²) in [4.78, 5) is 50.8. The average molecular weight is 599 g/mol. The van der Waals surface area contributed by atoms with Crippen LogP contribution in [0.15, 0.2) is 33.6 Å². The third kappa shape index (κ3) is 10.6. The van der Waals surface area contributed by atoms with Crippen LogP contribution in [0.25, 0.3) is 0 Å². The number of benzene rings is 1. The summed E-state index contributed by atoms with van der Waals surface area (Å²) in [6.45, 7) is -0.261. The van der Waals surface area contributed by atoms with E-state index in [9.17, 15) is 19.2 Å². The number of thioether (sulfide) groups is 1. The van der Waals surface area contributed by atoms with Crippen molar-refractivity contribution in [2.45, 2.75) is 93.4 Å². The number of carbonyl (C=O) groups is 4. The molecule has 204 valence electrons. The van der Waals surface area contributed by atoms with Crippen molar-refractivity contribution >= 4 is 51.4 Å². The first-order chi connectivity index (χ1) is 17.8. The predicted molar refractivity (Wildman–Crippen MR) is 144 cm³/mol. The van der Waals surface area contributed by atoms with E-state index in [4.69, 9.17) is 15.2 Å². The van der Waals surface area contributed by atoms with Crippen molar-refractivity contribution in [2.24, 2.45) is 5.73 Å². The third-order valence-corrected chi connectivity index (χ3v) is 8.09. The van der Waals surface area contributed by atoms with Crippen molar-refractivity contribution in [1.82, 2.24) is 10.6 Å². The summed E-state index contributed by atoms with van der Waals surface area (Å²) in [5.74, 6) is -1.62. The van der Waals surface area contributed by atoms with Crippen LogP contribution in [0.5, 0.6) is 0 Å². The van der Waals surface area contributed by atoms with Gasteiger partial charge in [0.25, 0.3) is 0 Å². The maximum absolute atomic E-state index is 12.9. The van der Waals surface area contributed by atoms with Crippen LogP contribution in [-0.4, -0.2) is 60.3 Å². The fourth-order valence-corrected chi connectivity index (χ4v) is 5.53. The molecule has 0 heterocycles. The number of halogens is 1. The van der Waals surface area contributed by atoms with Gasteiger partial charge >= 0.3 is 11.9 Å². The van der Waals surface area contributed by atoms with Crippen molar-refractivity contribution in [2.75, 3.05) is 12.3 Å². The Kier molecular flexibility index (Phi) is 12.2. The molecule has 2 aliphatic carbocycles. The fraction of sp³-hybridized carbons (Fsp3) is 0.615. The molecule has 0 unspecified atom stereocenters. The topological polar surface area (TPSA) is 137 Å². The van der Waals surface area contributed by atoms with Crippen LogP contribution in [0.2, 0.25) is 0 Å². The molecule has 2 saturated carbocycles. The van der Waals surface area contributed by atoms with E-state index in [0.29, 0.717) is 0 Å². The van der Waals surface area contributed by atoms with E-state index in [-0.39, 0.29) is 37.3 Å². The Labute approximate surface area is 230 Å². The number of hydrogen-bond acceptors (Lipinski definition) is 8. The molecule has 1 aromatic rings. The Morgan fingerprint density at radius 2 is 1.57 bits per heavy atom. The molecule has 2 fully saturated rings. The number of carbonyl (C=O) groups excluding carboxylic acids is 4. The van der Waals surface area contributed by atoms with Gasteiger partial charge in [-0.3, -0.25) is 19.2 Å². The van der Waals surface area contributed by atoms with Crippen molar-refractivity contribution in [3.05, 3.63) is 28.7 Å². The number of esters is 2. The van der Waals surface area contributed by atoms with Crippen molar-refractivity contribution < 1.29 is 28.7 Å². The lowest BCUT2D eigenvalue weighted by Crippen LogP contribution is -2.49. The van der Waals surface area contributed by atoms with E-state index in [1.54, 1.807) is 0 Å². The molecule has 2 amide bonds. The number of amides is 2. The van der Waals surface area contributed by atoms with Crippen LogP contribution >= 0.6 is 27.7 Å². The van der Waals surface area contributed by atoms with Gasteiger partial charge in [-0.05, 0) is 82.1 Å². The number of ether oxygens (including phenoxy) is 2. The minimum Gasteiger partial charge on any atom is -0.461 e. The second kappa shape index (κ2) is 15.3. The molecule has 0 spiro atoms. The monoisotopic (exact) mass is 597 g/mol. The lowest BCUT2D eigenvalue weighted by Gasteiger charge is -2.19. The largest absolute Gasteiger partial charge is 0.461 e. The molecule has 37 heavy (non-hydrogen) atoms. The van der Waals surface area contributed by atoms with Gasteiger partial charge in [0.15, 0.2) is 0 Å². The summed E-state index contributed by atoms with van der Waals surface area (Å²) in [7, 11) is 0. The quantitative estimate of drug-likeness (QED) is 0.233. The molecule has 3 rings (SSSR count). The molecule has 4 N–H and O–H groups in total. The number of nitrogens with two attached hydrogens (primary N) is 1. The summed E-state index contributed by atoms with van der Waals surface area (Å²) >= 11 is 4.80. The van der Waals surface area contributed by atoms with Crippen LogP contribution in [-0.2, 0) is 28.7 Å². The highest BCUT2D eigenvalue weighted by Gasteiger charge is 2.26. The Bertz CT molecular complexity index is 919. The second-order valence-electron chi connectivity index (χ2n) is 9.49. The Morgan fingerprint density at radius 1 is 0.973 bits per heavy atom.